The van der Waals surface area contributed by atoms with Crippen molar-refractivity contribution in [1.29, 1.82) is 0 Å². The van der Waals surface area contributed by atoms with Gasteiger partial charge in [0.05, 0.1) is 22.3 Å². The molecule has 0 radical (unpaired) electrons. The lowest BCUT2D eigenvalue weighted by molar-refractivity contribution is -0.0279. The average molecular weight is 296 g/mol. The molecule has 17 heavy (non-hydrogen) atoms. The minimum absolute atomic E-state index is 0.213. The zero-order valence-corrected chi connectivity index (χ0v) is 11.9. The van der Waals surface area contributed by atoms with Crippen LogP contribution in [0.15, 0.2) is 6.07 Å². The molecule has 3 nitrogen and oxygen atoms in total. The van der Waals surface area contributed by atoms with Crippen molar-refractivity contribution >= 4 is 40.6 Å². The van der Waals surface area contributed by atoms with E-state index in [1.807, 2.05) is 13.8 Å². The van der Waals surface area contributed by atoms with Crippen LogP contribution < -0.4 is 4.90 Å². The van der Waals surface area contributed by atoms with Crippen LogP contribution in [-0.4, -0.2) is 30.3 Å². The van der Waals surface area contributed by atoms with E-state index in [9.17, 15) is 0 Å². The molecule has 0 unspecified atom stereocenters. The number of hydrogen-bond acceptors (Lipinski definition) is 3. The Kier molecular flexibility index (Phi) is 3.74. The van der Waals surface area contributed by atoms with Gasteiger partial charge in [-0.3, -0.25) is 0 Å². The Bertz CT molecular complexity index is 437. The Morgan fingerprint density at radius 1 is 1.29 bits per heavy atom. The standard InChI is InChI=1S/C11H13Cl3N2O/c1-11(2)6-16(3-4-17-11)10-8(13)5-7(12)9(14)15-10/h5H,3-4,6H2,1-2H3. The van der Waals surface area contributed by atoms with Crippen LogP contribution in [0.1, 0.15) is 13.8 Å². The third-order valence-electron chi connectivity index (χ3n) is 2.59. The summed E-state index contributed by atoms with van der Waals surface area (Å²) in [6.45, 7) is 6.17. The Balaban J connectivity index is 2.31. The van der Waals surface area contributed by atoms with Crippen molar-refractivity contribution in [3.05, 3.63) is 21.3 Å². The molecule has 0 bridgehead atoms. The molecule has 6 heteroatoms. The summed E-state index contributed by atoms with van der Waals surface area (Å²) in [7, 11) is 0. The minimum Gasteiger partial charge on any atom is -0.372 e. The fourth-order valence-electron chi connectivity index (χ4n) is 1.85. The Hall–Kier alpha value is -0.220. The fourth-order valence-corrected chi connectivity index (χ4v) is 2.47. The van der Waals surface area contributed by atoms with Crippen LogP contribution in [0.4, 0.5) is 5.82 Å². The van der Waals surface area contributed by atoms with Gasteiger partial charge in [0.1, 0.15) is 11.0 Å². The summed E-state index contributed by atoms with van der Waals surface area (Å²) < 4.78 is 5.64. The first-order valence-corrected chi connectivity index (χ1v) is 6.43. The molecular formula is C11H13Cl3N2O. The van der Waals surface area contributed by atoms with Crippen LogP contribution in [0, 0.1) is 0 Å². The lowest BCUT2D eigenvalue weighted by Crippen LogP contribution is -2.48. The normalized spacial score (nSPS) is 19.5. The van der Waals surface area contributed by atoms with Crippen LogP contribution in [0.3, 0.4) is 0 Å². The van der Waals surface area contributed by atoms with Gasteiger partial charge < -0.3 is 9.64 Å². The van der Waals surface area contributed by atoms with Crippen LogP contribution in [0.5, 0.6) is 0 Å². The molecule has 0 spiro atoms. The molecule has 0 atom stereocenters. The Morgan fingerprint density at radius 3 is 2.65 bits per heavy atom. The lowest BCUT2D eigenvalue weighted by Gasteiger charge is -2.39. The van der Waals surface area contributed by atoms with Crippen molar-refractivity contribution in [2.75, 3.05) is 24.6 Å². The number of anilines is 1. The third-order valence-corrected chi connectivity index (χ3v) is 3.54. The van der Waals surface area contributed by atoms with Gasteiger partial charge in [-0.2, -0.15) is 0 Å². The van der Waals surface area contributed by atoms with Gasteiger partial charge in [-0.15, -0.1) is 0 Å². The van der Waals surface area contributed by atoms with Crippen molar-refractivity contribution in [3.63, 3.8) is 0 Å². The first-order chi connectivity index (χ1) is 7.89. The van der Waals surface area contributed by atoms with Crippen LogP contribution in [0.25, 0.3) is 0 Å². The van der Waals surface area contributed by atoms with Gasteiger partial charge in [-0.25, -0.2) is 4.98 Å². The molecule has 0 amide bonds. The second-order valence-corrected chi connectivity index (χ2v) is 5.77. The highest BCUT2D eigenvalue weighted by Crippen LogP contribution is 2.33. The number of aromatic nitrogens is 1. The van der Waals surface area contributed by atoms with Gasteiger partial charge in [0.25, 0.3) is 0 Å². The van der Waals surface area contributed by atoms with Gasteiger partial charge in [0.2, 0.25) is 0 Å². The second kappa shape index (κ2) is 4.81. The van der Waals surface area contributed by atoms with Crippen LogP contribution in [0.2, 0.25) is 15.2 Å². The van der Waals surface area contributed by atoms with Gasteiger partial charge in [0.15, 0.2) is 0 Å². The molecular weight excluding hydrogens is 282 g/mol. The summed E-state index contributed by atoms with van der Waals surface area (Å²) in [6.07, 6.45) is 0. The van der Waals surface area contributed by atoms with Gasteiger partial charge in [-0.05, 0) is 19.9 Å². The number of ether oxygens (including phenoxy) is 1. The number of hydrogen-bond donors (Lipinski definition) is 0. The molecule has 94 valence electrons. The summed E-state index contributed by atoms with van der Waals surface area (Å²) in [5.74, 6) is 0.664. The van der Waals surface area contributed by atoms with Crippen molar-refractivity contribution < 1.29 is 4.74 Å². The Labute approximate surface area is 116 Å². The summed E-state index contributed by atoms with van der Waals surface area (Å²) in [5.41, 5.74) is -0.213. The number of pyridine rings is 1. The van der Waals surface area contributed by atoms with Gasteiger partial charge in [-0.1, -0.05) is 34.8 Å². The molecule has 1 saturated heterocycles. The van der Waals surface area contributed by atoms with Crippen molar-refractivity contribution in [3.8, 4) is 0 Å². The van der Waals surface area contributed by atoms with Crippen LogP contribution >= 0.6 is 34.8 Å². The lowest BCUT2D eigenvalue weighted by atomic mass is 10.1. The summed E-state index contributed by atoms with van der Waals surface area (Å²) >= 11 is 17.9. The first kappa shape index (κ1) is 13.2. The molecule has 1 aliphatic heterocycles. The maximum Gasteiger partial charge on any atom is 0.150 e. The maximum atomic E-state index is 6.14. The quantitative estimate of drug-likeness (QED) is 0.739. The zero-order valence-electron chi connectivity index (χ0n) is 9.64. The highest BCUT2D eigenvalue weighted by atomic mass is 35.5. The van der Waals surface area contributed by atoms with Gasteiger partial charge >= 0.3 is 0 Å². The zero-order chi connectivity index (χ0) is 12.6. The summed E-state index contributed by atoms with van der Waals surface area (Å²) in [4.78, 5) is 6.30. The van der Waals surface area contributed by atoms with E-state index in [0.717, 1.165) is 13.1 Å². The van der Waals surface area contributed by atoms with E-state index in [1.54, 1.807) is 6.07 Å². The van der Waals surface area contributed by atoms with E-state index in [0.29, 0.717) is 22.5 Å². The number of rotatable bonds is 1. The third kappa shape index (κ3) is 2.97. The predicted octanol–water partition coefficient (Wildman–Crippen LogP) is 3.66. The SMILES string of the molecule is CC1(C)CN(c2nc(Cl)c(Cl)cc2Cl)CCO1. The largest absolute Gasteiger partial charge is 0.372 e. The number of morpholine rings is 1. The molecule has 0 aliphatic carbocycles. The van der Waals surface area contributed by atoms with Crippen LogP contribution in [-0.2, 0) is 4.74 Å². The molecule has 0 saturated carbocycles. The molecule has 1 aromatic rings. The maximum absolute atomic E-state index is 6.14. The van der Waals surface area contributed by atoms with E-state index in [-0.39, 0.29) is 10.8 Å². The van der Waals surface area contributed by atoms with E-state index >= 15 is 0 Å². The Morgan fingerprint density at radius 2 is 2.00 bits per heavy atom. The molecule has 0 aromatic carbocycles. The van der Waals surface area contributed by atoms with Gasteiger partial charge in [0, 0.05) is 13.1 Å². The summed E-state index contributed by atoms with van der Waals surface area (Å²) in [6, 6.07) is 1.62. The number of nitrogens with zero attached hydrogens (tertiary/aromatic N) is 2. The number of halogens is 3. The second-order valence-electron chi connectivity index (χ2n) is 4.60. The van der Waals surface area contributed by atoms with E-state index < -0.39 is 0 Å². The molecule has 2 rings (SSSR count). The first-order valence-electron chi connectivity index (χ1n) is 5.29. The van der Waals surface area contributed by atoms with E-state index in [2.05, 4.69) is 9.88 Å². The minimum atomic E-state index is -0.213. The van der Waals surface area contributed by atoms with Crippen molar-refractivity contribution in [1.82, 2.24) is 4.98 Å². The molecule has 2 heterocycles. The van der Waals surface area contributed by atoms with E-state index in [1.165, 1.54) is 0 Å². The fraction of sp³-hybridized carbons (Fsp3) is 0.545. The van der Waals surface area contributed by atoms with Crippen molar-refractivity contribution in [2.24, 2.45) is 0 Å². The predicted molar refractivity (Wildman–Crippen MR) is 71.5 cm³/mol. The molecule has 1 aliphatic rings. The monoisotopic (exact) mass is 294 g/mol. The highest BCUT2D eigenvalue weighted by molar-refractivity contribution is 6.42. The highest BCUT2D eigenvalue weighted by Gasteiger charge is 2.29. The molecule has 1 aromatic heterocycles. The molecule has 1 fully saturated rings. The summed E-state index contributed by atoms with van der Waals surface area (Å²) in [5, 5.41) is 1.15. The molecule has 0 N–H and O–H groups in total. The topological polar surface area (TPSA) is 25.4 Å². The average Bonchev–Trinajstić information content (AvgIpc) is 2.22. The smallest absolute Gasteiger partial charge is 0.150 e. The van der Waals surface area contributed by atoms with Crippen molar-refractivity contribution in [2.45, 2.75) is 19.4 Å². The van der Waals surface area contributed by atoms with E-state index in [4.69, 9.17) is 39.5 Å².